The van der Waals surface area contributed by atoms with Gasteiger partial charge in [0.15, 0.2) is 0 Å². The van der Waals surface area contributed by atoms with Crippen LogP contribution in [0.25, 0.3) is 0 Å². The Morgan fingerprint density at radius 1 is 1.25 bits per heavy atom. The van der Waals surface area contributed by atoms with E-state index in [0.29, 0.717) is 12.0 Å². The second kappa shape index (κ2) is 7.08. The summed E-state index contributed by atoms with van der Waals surface area (Å²) in [4.78, 5) is 24.3. The van der Waals surface area contributed by atoms with Crippen LogP contribution in [0.4, 0.5) is 0 Å². The van der Waals surface area contributed by atoms with Gasteiger partial charge in [0.1, 0.15) is 5.54 Å². The lowest BCUT2D eigenvalue weighted by molar-refractivity contribution is -0.147. The van der Waals surface area contributed by atoms with Crippen molar-refractivity contribution in [1.82, 2.24) is 5.32 Å². The van der Waals surface area contributed by atoms with E-state index in [2.05, 4.69) is 5.32 Å². The molecule has 0 heterocycles. The first-order chi connectivity index (χ1) is 9.48. The zero-order valence-electron chi connectivity index (χ0n) is 12.7. The van der Waals surface area contributed by atoms with Crippen LogP contribution >= 0.6 is 0 Å². The van der Waals surface area contributed by atoms with Crippen LogP contribution in [0.2, 0.25) is 0 Å². The molecule has 1 rings (SSSR count). The molecule has 1 aromatic carbocycles. The number of hydrogen-bond donors (Lipinski definition) is 1. The maximum Gasteiger partial charge on any atom is 0.331 e. The van der Waals surface area contributed by atoms with Gasteiger partial charge in [-0.25, -0.2) is 4.79 Å². The predicted octanol–water partition coefficient (Wildman–Crippen LogP) is 2.71. The molecule has 0 aliphatic heterocycles. The Balaban J connectivity index is 2.99. The van der Waals surface area contributed by atoms with Crippen molar-refractivity contribution >= 4 is 11.9 Å². The highest BCUT2D eigenvalue weighted by Crippen LogP contribution is 2.17. The lowest BCUT2D eigenvalue weighted by Gasteiger charge is -2.28. The molecule has 1 unspecified atom stereocenters. The van der Waals surface area contributed by atoms with Crippen molar-refractivity contribution in [3.05, 3.63) is 35.4 Å². The molecule has 0 spiro atoms. The number of esters is 1. The fourth-order valence-electron chi connectivity index (χ4n) is 2.31. The Bertz CT molecular complexity index is 484. The Hall–Kier alpha value is -1.84. The molecular formula is C16H23NO3. The first-order valence-electron chi connectivity index (χ1n) is 6.97. The highest BCUT2D eigenvalue weighted by Gasteiger charge is 2.35. The van der Waals surface area contributed by atoms with Crippen molar-refractivity contribution in [2.24, 2.45) is 0 Å². The van der Waals surface area contributed by atoms with Crippen LogP contribution < -0.4 is 5.32 Å². The molecule has 1 aromatic rings. The van der Waals surface area contributed by atoms with Crippen molar-refractivity contribution in [2.75, 3.05) is 7.11 Å². The Kier molecular flexibility index (Phi) is 5.74. The Morgan fingerprint density at radius 2 is 1.90 bits per heavy atom. The fourth-order valence-corrected chi connectivity index (χ4v) is 2.31. The van der Waals surface area contributed by atoms with Gasteiger partial charge in [0, 0.05) is 5.56 Å². The van der Waals surface area contributed by atoms with E-state index in [0.717, 1.165) is 18.4 Å². The number of methoxy groups -OCH3 is 1. The topological polar surface area (TPSA) is 55.4 Å². The minimum atomic E-state index is -0.985. The number of benzene rings is 1. The van der Waals surface area contributed by atoms with Crippen molar-refractivity contribution in [1.29, 1.82) is 0 Å². The van der Waals surface area contributed by atoms with Gasteiger partial charge >= 0.3 is 5.97 Å². The van der Waals surface area contributed by atoms with E-state index >= 15 is 0 Å². The average molecular weight is 277 g/mol. The minimum Gasteiger partial charge on any atom is -0.467 e. The van der Waals surface area contributed by atoms with E-state index < -0.39 is 11.5 Å². The molecule has 0 bridgehead atoms. The number of hydrogen-bond acceptors (Lipinski definition) is 3. The highest BCUT2D eigenvalue weighted by molar-refractivity contribution is 5.99. The van der Waals surface area contributed by atoms with Gasteiger partial charge < -0.3 is 10.1 Å². The van der Waals surface area contributed by atoms with Crippen LogP contribution in [0.3, 0.4) is 0 Å². The third-order valence-corrected chi connectivity index (χ3v) is 3.42. The van der Waals surface area contributed by atoms with E-state index in [-0.39, 0.29) is 5.91 Å². The van der Waals surface area contributed by atoms with Gasteiger partial charge in [0.05, 0.1) is 7.11 Å². The Morgan fingerprint density at radius 3 is 2.45 bits per heavy atom. The maximum absolute atomic E-state index is 12.4. The third kappa shape index (κ3) is 3.59. The molecule has 0 radical (unpaired) electrons. The maximum atomic E-state index is 12.4. The third-order valence-electron chi connectivity index (χ3n) is 3.42. The summed E-state index contributed by atoms with van der Waals surface area (Å²) in [6.07, 6.45) is 2.09. The standard InChI is InChI=1S/C16H23NO3/c1-5-11-16(3,15(19)20-4)17-14(18)13-10-8-7-9-12(13)6-2/h7-10H,5-6,11H2,1-4H3,(H,17,18). The van der Waals surface area contributed by atoms with Crippen LogP contribution in [-0.4, -0.2) is 24.5 Å². The van der Waals surface area contributed by atoms with Gasteiger partial charge in [0.2, 0.25) is 0 Å². The normalized spacial score (nSPS) is 13.4. The first kappa shape index (κ1) is 16.2. The molecule has 1 N–H and O–H groups in total. The van der Waals surface area contributed by atoms with Crippen molar-refractivity contribution in [3.8, 4) is 0 Å². The summed E-state index contributed by atoms with van der Waals surface area (Å²) in [6.45, 7) is 5.67. The molecule has 0 aliphatic rings. The number of rotatable bonds is 6. The van der Waals surface area contributed by atoms with E-state index in [4.69, 9.17) is 4.74 Å². The zero-order valence-corrected chi connectivity index (χ0v) is 12.7. The largest absolute Gasteiger partial charge is 0.467 e. The van der Waals surface area contributed by atoms with Gasteiger partial charge in [-0.2, -0.15) is 0 Å². The highest BCUT2D eigenvalue weighted by atomic mass is 16.5. The molecule has 1 amide bonds. The van der Waals surface area contributed by atoms with Gasteiger partial charge in [-0.15, -0.1) is 0 Å². The lowest BCUT2D eigenvalue weighted by atomic mass is 9.95. The summed E-state index contributed by atoms with van der Waals surface area (Å²) in [5, 5.41) is 2.82. The minimum absolute atomic E-state index is 0.233. The second-order valence-corrected chi connectivity index (χ2v) is 5.04. The van der Waals surface area contributed by atoms with E-state index in [9.17, 15) is 9.59 Å². The molecular weight excluding hydrogens is 254 g/mol. The van der Waals surface area contributed by atoms with E-state index in [1.165, 1.54) is 7.11 Å². The predicted molar refractivity (Wildman–Crippen MR) is 78.6 cm³/mol. The molecule has 4 nitrogen and oxygen atoms in total. The fraction of sp³-hybridized carbons (Fsp3) is 0.500. The van der Waals surface area contributed by atoms with Gasteiger partial charge in [-0.1, -0.05) is 38.5 Å². The lowest BCUT2D eigenvalue weighted by Crippen LogP contribution is -2.52. The van der Waals surface area contributed by atoms with Crippen LogP contribution in [0.5, 0.6) is 0 Å². The van der Waals surface area contributed by atoms with Crippen molar-refractivity contribution in [3.63, 3.8) is 0 Å². The van der Waals surface area contributed by atoms with Gasteiger partial charge in [-0.05, 0) is 31.4 Å². The molecule has 0 aliphatic carbocycles. The summed E-state index contributed by atoms with van der Waals surface area (Å²) < 4.78 is 4.81. The number of carbonyl (C=O) groups excluding carboxylic acids is 2. The molecule has 0 aromatic heterocycles. The van der Waals surface area contributed by atoms with Crippen LogP contribution in [-0.2, 0) is 16.0 Å². The van der Waals surface area contributed by atoms with Gasteiger partial charge in [-0.3, -0.25) is 4.79 Å². The molecule has 4 heteroatoms. The number of nitrogens with one attached hydrogen (secondary N) is 1. The molecule has 0 saturated heterocycles. The quantitative estimate of drug-likeness (QED) is 0.813. The molecule has 1 atom stereocenters. The summed E-state index contributed by atoms with van der Waals surface area (Å²) >= 11 is 0. The average Bonchev–Trinajstić information content (AvgIpc) is 2.46. The van der Waals surface area contributed by atoms with Gasteiger partial charge in [0.25, 0.3) is 5.91 Å². The Labute approximate surface area is 120 Å². The van der Waals surface area contributed by atoms with E-state index in [1.54, 1.807) is 13.0 Å². The summed E-state index contributed by atoms with van der Waals surface area (Å²) in [7, 11) is 1.34. The van der Waals surface area contributed by atoms with Crippen LogP contribution in [0, 0.1) is 0 Å². The van der Waals surface area contributed by atoms with Crippen molar-refractivity contribution < 1.29 is 14.3 Å². The first-order valence-corrected chi connectivity index (χ1v) is 6.97. The van der Waals surface area contributed by atoms with Crippen molar-refractivity contribution in [2.45, 2.75) is 45.6 Å². The number of aryl methyl sites for hydroxylation is 1. The smallest absolute Gasteiger partial charge is 0.331 e. The van der Waals surface area contributed by atoms with E-state index in [1.807, 2.05) is 32.0 Å². The zero-order chi connectivity index (χ0) is 15.2. The summed E-state index contributed by atoms with van der Waals surface area (Å²) in [5.41, 5.74) is 0.594. The summed E-state index contributed by atoms with van der Waals surface area (Å²) in [6, 6.07) is 7.42. The number of amides is 1. The van der Waals surface area contributed by atoms with Crippen LogP contribution in [0.1, 0.15) is 49.5 Å². The summed E-state index contributed by atoms with van der Waals surface area (Å²) in [5.74, 6) is -0.648. The second-order valence-electron chi connectivity index (χ2n) is 5.04. The number of ether oxygens (including phenoxy) is 1. The molecule has 20 heavy (non-hydrogen) atoms. The monoisotopic (exact) mass is 277 g/mol. The van der Waals surface area contributed by atoms with Crippen LogP contribution in [0.15, 0.2) is 24.3 Å². The molecule has 0 saturated carbocycles. The molecule has 110 valence electrons. The SMILES string of the molecule is CCCC(C)(NC(=O)c1ccccc1CC)C(=O)OC. The number of carbonyl (C=O) groups is 2. The molecule has 0 fully saturated rings.